The van der Waals surface area contributed by atoms with Gasteiger partial charge in [-0.15, -0.1) is 0 Å². The van der Waals surface area contributed by atoms with Crippen molar-refractivity contribution in [1.82, 2.24) is 4.31 Å². The molecule has 0 N–H and O–H groups in total. The van der Waals surface area contributed by atoms with E-state index in [1.165, 1.54) is 34.6 Å². The lowest BCUT2D eigenvalue weighted by atomic mass is 10.1. The van der Waals surface area contributed by atoms with Crippen molar-refractivity contribution in [3.63, 3.8) is 0 Å². The van der Waals surface area contributed by atoms with Gasteiger partial charge in [0.2, 0.25) is 15.8 Å². The molecule has 1 aliphatic heterocycles. The molecule has 0 bridgehead atoms. The molecule has 34 heavy (non-hydrogen) atoms. The van der Waals surface area contributed by atoms with Crippen molar-refractivity contribution in [3.05, 3.63) is 83.8 Å². The number of para-hydroxylation sites is 1. The summed E-state index contributed by atoms with van der Waals surface area (Å²) in [5, 5.41) is 0. The van der Waals surface area contributed by atoms with E-state index < -0.39 is 28.4 Å². The summed E-state index contributed by atoms with van der Waals surface area (Å²) in [5.41, 5.74) is 0.227. The average molecular weight is 486 g/mol. The number of carbonyl (C=O) groups excluding carboxylic acids is 2. The Balaban J connectivity index is 1.29. The molecule has 0 radical (unpaired) electrons. The van der Waals surface area contributed by atoms with E-state index in [-0.39, 0.29) is 35.9 Å². The van der Waals surface area contributed by atoms with Crippen LogP contribution in [0.5, 0.6) is 5.75 Å². The maximum absolute atomic E-state index is 12.7. The number of ketones is 1. The number of morpholine rings is 1. The molecule has 0 saturated carbocycles. The van der Waals surface area contributed by atoms with E-state index in [2.05, 4.69) is 0 Å². The predicted molar refractivity (Wildman–Crippen MR) is 120 cm³/mol. The van der Waals surface area contributed by atoms with Gasteiger partial charge in [-0.25, -0.2) is 13.2 Å². The van der Waals surface area contributed by atoms with Gasteiger partial charge in [-0.05, 0) is 48.5 Å². The van der Waals surface area contributed by atoms with E-state index in [1.807, 2.05) is 18.2 Å². The molecule has 0 unspecified atom stereocenters. The number of ether oxygens (including phenoxy) is 3. The van der Waals surface area contributed by atoms with Gasteiger partial charge in [-0.1, -0.05) is 18.2 Å². The summed E-state index contributed by atoms with van der Waals surface area (Å²) in [6, 6.07) is 17.7. The lowest BCUT2D eigenvalue weighted by Gasteiger charge is -2.26. The molecule has 1 saturated heterocycles. The van der Waals surface area contributed by atoms with Crippen molar-refractivity contribution in [2.45, 2.75) is 11.5 Å². The van der Waals surface area contributed by atoms with Gasteiger partial charge >= 0.3 is 5.97 Å². The van der Waals surface area contributed by atoms with E-state index in [0.717, 1.165) is 0 Å². The van der Waals surface area contributed by atoms with Crippen LogP contribution in [0, 0.1) is 0 Å². The first-order valence-electron chi connectivity index (χ1n) is 10.6. The Labute approximate surface area is 196 Å². The van der Waals surface area contributed by atoms with Crippen LogP contribution >= 0.6 is 0 Å². The number of benzene rings is 2. The van der Waals surface area contributed by atoms with Crippen molar-refractivity contribution in [2.24, 2.45) is 0 Å². The second-order valence-corrected chi connectivity index (χ2v) is 9.35. The summed E-state index contributed by atoms with van der Waals surface area (Å²) in [6.07, 6.45) is 0. The first kappa shape index (κ1) is 23.7. The highest BCUT2D eigenvalue weighted by atomic mass is 32.2. The largest absolute Gasteiger partial charge is 0.486 e. The molecule has 0 spiro atoms. The zero-order valence-corrected chi connectivity index (χ0v) is 19.0. The van der Waals surface area contributed by atoms with E-state index in [4.69, 9.17) is 18.6 Å². The molecule has 4 rings (SSSR count). The highest BCUT2D eigenvalue weighted by Gasteiger charge is 2.26. The van der Waals surface area contributed by atoms with Crippen LogP contribution < -0.4 is 4.74 Å². The van der Waals surface area contributed by atoms with Gasteiger partial charge < -0.3 is 18.6 Å². The number of sulfonamides is 1. The smallest absolute Gasteiger partial charge is 0.374 e. The van der Waals surface area contributed by atoms with Crippen LogP contribution in [0.2, 0.25) is 0 Å². The molecule has 178 valence electrons. The topological polar surface area (TPSA) is 112 Å². The van der Waals surface area contributed by atoms with E-state index in [1.54, 1.807) is 18.2 Å². The molecule has 2 heterocycles. The Morgan fingerprint density at radius 2 is 1.62 bits per heavy atom. The molecule has 3 aromatic rings. The number of esters is 1. The summed E-state index contributed by atoms with van der Waals surface area (Å²) in [4.78, 5) is 24.7. The Hall–Kier alpha value is -3.47. The molecule has 9 nitrogen and oxygen atoms in total. The van der Waals surface area contributed by atoms with Crippen LogP contribution in [-0.4, -0.2) is 57.4 Å². The quantitative estimate of drug-likeness (QED) is 0.336. The SMILES string of the molecule is O=C(COC(=O)c1ccc(COc2ccccc2)o1)c1ccc(S(=O)(=O)N2CCOCC2)cc1. The lowest BCUT2D eigenvalue weighted by molar-refractivity contribution is 0.0440. The third-order valence-electron chi connectivity index (χ3n) is 5.11. The Kier molecular flexibility index (Phi) is 7.41. The minimum absolute atomic E-state index is 0.0496. The average Bonchev–Trinajstić information content (AvgIpc) is 3.36. The highest BCUT2D eigenvalue weighted by molar-refractivity contribution is 7.89. The first-order chi connectivity index (χ1) is 16.4. The van der Waals surface area contributed by atoms with Crippen LogP contribution in [0.4, 0.5) is 0 Å². The van der Waals surface area contributed by atoms with Crippen LogP contribution in [0.15, 0.2) is 76.0 Å². The molecule has 1 aliphatic rings. The number of carbonyl (C=O) groups is 2. The van der Waals surface area contributed by atoms with E-state index in [9.17, 15) is 18.0 Å². The van der Waals surface area contributed by atoms with Gasteiger partial charge in [0.05, 0.1) is 18.1 Å². The molecule has 1 fully saturated rings. The molecule has 0 amide bonds. The zero-order valence-electron chi connectivity index (χ0n) is 18.2. The van der Waals surface area contributed by atoms with Crippen LogP contribution in [0.1, 0.15) is 26.7 Å². The number of furan rings is 1. The molecule has 0 atom stereocenters. The number of Topliss-reactive ketones (excluding diaryl/α,β-unsaturated/α-hetero) is 1. The highest BCUT2D eigenvalue weighted by Crippen LogP contribution is 2.18. The van der Waals surface area contributed by atoms with Gasteiger partial charge in [0, 0.05) is 18.7 Å². The van der Waals surface area contributed by atoms with Gasteiger partial charge in [0.15, 0.2) is 12.4 Å². The van der Waals surface area contributed by atoms with Crippen molar-refractivity contribution < 1.29 is 36.6 Å². The fourth-order valence-corrected chi connectivity index (χ4v) is 4.68. The summed E-state index contributed by atoms with van der Waals surface area (Å²) >= 11 is 0. The Bertz CT molecular complexity index is 1230. The summed E-state index contributed by atoms with van der Waals surface area (Å²) < 4.78 is 47.9. The standard InChI is InChI=1S/C24H23NO8S/c26-22(18-6-9-21(10-7-18)34(28,29)25-12-14-30-15-13-25)17-32-24(27)23-11-8-20(33-23)16-31-19-4-2-1-3-5-19/h1-11H,12-17H2. The fraction of sp³-hybridized carbons (Fsp3) is 0.250. The molecule has 1 aromatic heterocycles. The molecular weight excluding hydrogens is 462 g/mol. The van der Waals surface area contributed by atoms with Gasteiger partial charge in [0.25, 0.3) is 0 Å². The molecule has 0 aliphatic carbocycles. The van der Waals surface area contributed by atoms with E-state index in [0.29, 0.717) is 24.7 Å². The van der Waals surface area contributed by atoms with Crippen molar-refractivity contribution in [3.8, 4) is 5.75 Å². The maximum atomic E-state index is 12.7. The monoisotopic (exact) mass is 485 g/mol. The summed E-state index contributed by atoms with van der Waals surface area (Å²) in [5.74, 6) is -0.211. The van der Waals surface area contributed by atoms with Gasteiger partial charge in [-0.3, -0.25) is 4.79 Å². The van der Waals surface area contributed by atoms with Crippen molar-refractivity contribution in [1.29, 1.82) is 0 Å². The van der Waals surface area contributed by atoms with Crippen LogP contribution in [-0.2, 0) is 26.1 Å². The van der Waals surface area contributed by atoms with Gasteiger partial charge in [0.1, 0.15) is 18.1 Å². The van der Waals surface area contributed by atoms with Crippen LogP contribution in [0.3, 0.4) is 0 Å². The van der Waals surface area contributed by atoms with E-state index >= 15 is 0 Å². The number of rotatable bonds is 9. The zero-order chi connectivity index (χ0) is 24.0. The summed E-state index contributed by atoms with van der Waals surface area (Å²) in [7, 11) is -3.65. The Morgan fingerprint density at radius 3 is 2.32 bits per heavy atom. The van der Waals surface area contributed by atoms with Crippen molar-refractivity contribution >= 4 is 21.8 Å². The minimum Gasteiger partial charge on any atom is -0.486 e. The number of nitrogens with zero attached hydrogens (tertiary/aromatic N) is 1. The number of hydrogen-bond acceptors (Lipinski definition) is 8. The third-order valence-corrected chi connectivity index (χ3v) is 7.02. The van der Waals surface area contributed by atoms with Crippen molar-refractivity contribution in [2.75, 3.05) is 32.9 Å². The normalized spacial score (nSPS) is 14.5. The maximum Gasteiger partial charge on any atom is 0.374 e. The first-order valence-corrected chi connectivity index (χ1v) is 12.0. The second-order valence-electron chi connectivity index (χ2n) is 7.41. The number of hydrogen-bond donors (Lipinski definition) is 0. The fourth-order valence-electron chi connectivity index (χ4n) is 3.27. The molecule has 2 aromatic carbocycles. The predicted octanol–water partition coefficient (Wildman–Crippen LogP) is 2.92. The minimum atomic E-state index is -3.65. The Morgan fingerprint density at radius 1 is 0.912 bits per heavy atom. The summed E-state index contributed by atoms with van der Waals surface area (Å²) in [6.45, 7) is 0.884. The van der Waals surface area contributed by atoms with Crippen LogP contribution in [0.25, 0.3) is 0 Å². The lowest BCUT2D eigenvalue weighted by Crippen LogP contribution is -2.40. The third kappa shape index (κ3) is 5.71. The molecule has 10 heteroatoms. The van der Waals surface area contributed by atoms with Gasteiger partial charge in [-0.2, -0.15) is 4.31 Å². The molecular formula is C24H23NO8S. The second kappa shape index (κ2) is 10.6.